The van der Waals surface area contributed by atoms with Gasteiger partial charge in [0.2, 0.25) is 0 Å². The van der Waals surface area contributed by atoms with Gasteiger partial charge in [0.15, 0.2) is 0 Å². The minimum Gasteiger partial charge on any atom is -0.497 e. The molecule has 12 nitrogen and oxygen atoms in total. The predicted molar refractivity (Wildman–Crippen MR) is 374 cm³/mol. The Morgan fingerprint density at radius 1 is 0.152 bits per heavy atom. The fourth-order valence-corrected chi connectivity index (χ4v) is 11.5. The first-order valence-corrected chi connectivity index (χ1v) is 30.0. The highest BCUT2D eigenvalue weighted by Crippen LogP contribution is 2.49. The lowest BCUT2D eigenvalue weighted by atomic mass is 9.88. The number of ether oxygens (including phenoxy) is 8. The lowest BCUT2D eigenvalue weighted by Crippen LogP contribution is -2.11. The summed E-state index contributed by atoms with van der Waals surface area (Å²) in [7, 11) is 13.5. The monoisotopic (exact) mass is 1210 g/mol. The van der Waals surface area contributed by atoms with E-state index >= 15 is 0 Å². The SMILES string of the molecule is COc1ccc(N(c2ccc(OC)cc2)c2ccc(-c3ccc(N(c4ccc(OC)cc4)c4ccc(OC)cc4)cc3-c3cc(N(c4ccc(OC)cc4)c4ccc(OC)cc4)ccc3-c3ccc(N(c4ccc(OC)cc4)c4ccc(OC)cc4)cc3)cc2)cc1. The topological polar surface area (TPSA) is 86.8 Å². The van der Waals surface area contributed by atoms with Crippen molar-refractivity contribution in [2.45, 2.75) is 0 Å². The molecule has 0 saturated carbocycles. The molecule has 0 spiro atoms. The lowest BCUT2D eigenvalue weighted by Gasteiger charge is -2.29. The zero-order valence-electron chi connectivity index (χ0n) is 52.6. The molecule has 0 saturated heterocycles. The number of nitrogens with zero attached hydrogens (tertiary/aromatic N) is 4. The summed E-state index contributed by atoms with van der Waals surface area (Å²) < 4.78 is 45.2. The molecule has 0 aliphatic carbocycles. The highest BCUT2D eigenvalue weighted by molar-refractivity contribution is 5.98. The van der Waals surface area contributed by atoms with Crippen LogP contribution in [0, 0.1) is 0 Å². The Kier molecular flexibility index (Phi) is 18.2. The molecule has 12 heteroatoms. The Bertz CT molecular complexity index is 3900. The van der Waals surface area contributed by atoms with E-state index in [0.717, 1.165) is 148 Å². The van der Waals surface area contributed by atoms with Crippen molar-refractivity contribution < 1.29 is 37.9 Å². The van der Waals surface area contributed by atoms with Gasteiger partial charge < -0.3 is 57.5 Å². The fraction of sp³-hybridized carbons (Fsp3) is 0.100. The van der Waals surface area contributed by atoms with E-state index < -0.39 is 0 Å². The highest BCUT2D eigenvalue weighted by atomic mass is 16.5. The highest BCUT2D eigenvalue weighted by Gasteiger charge is 2.24. The maximum Gasteiger partial charge on any atom is 0.119 e. The molecular weight excluding hydrogens is 1140 g/mol. The average molecular weight is 1220 g/mol. The van der Waals surface area contributed by atoms with Gasteiger partial charge in [-0.15, -0.1) is 0 Å². The Balaban J connectivity index is 1.10. The van der Waals surface area contributed by atoms with Crippen LogP contribution in [0.15, 0.2) is 279 Å². The van der Waals surface area contributed by atoms with E-state index in [0.29, 0.717) is 0 Å². The van der Waals surface area contributed by atoms with Crippen LogP contribution in [0.3, 0.4) is 0 Å². The molecule has 0 radical (unpaired) electrons. The minimum atomic E-state index is 0.752. The molecule has 0 unspecified atom stereocenters. The second kappa shape index (κ2) is 27.7. The molecule has 0 bridgehead atoms. The van der Waals surface area contributed by atoms with Crippen molar-refractivity contribution in [1.82, 2.24) is 0 Å². The molecule has 0 N–H and O–H groups in total. The molecule has 12 rings (SSSR count). The number of benzene rings is 12. The Labute approximate surface area is 538 Å². The third-order valence-electron chi connectivity index (χ3n) is 16.3. The smallest absolute Gasteiger partial charge is 0.119 e. The Morgan fingerprint density at radius 2 is 0.293 bits per heavy atom. The van der Waals surface area contributed by atoms with Crippen LogP contribution in [0.4, 0.5) is 68.2 Å². The predicted octanol–water partition coefficient (Wildman–Crippen LogP) is 20.6. The van der Waals surface area contributed by atoms with E-state index in [1.165, 1.54) is 0 Å². The molecule has 0 heterocycles. The van der Waals surface area contributed by atoms with E-state index in [1.807, 2.05) is 97.1 Å². The number of rotatable bonds is 23. The van der Waals surface area contributed by atoms with Crippen LogP contribution >= 0.6 is 0 Å². The Morgan fingerprint density at radius 3 is 0.457 bits per heavy atom. The third-order valence-corrected chi connectivity index (χ3v) is 16.3. The molecule has 12 aromatic carbocycles. The van der Waals surface area contributed by atoms with Crippen molar-refractivity contribution in [3.8, 4) is 79.4 Å². The number of anilines is 12. The van der Waals surface area contributed by atoms with Crippen LogP contribution < -0.4 is 57.5 Å². The first-order valence-electron chi connectivity index (χ1n) is 30.0. The summed E-state index contributed by atoms with van der Waals surface area (Å²) in [5.41, 5.74) is 17.3. The fourth-order valence-electron chi connectivity index (χ4n) is 11.5. The van der Waals surface area contributed by atoms with Gasteiger partial charge in [0.1, 0.15) is 46.0 Å². The van der Waals surface area contributed by atoms with Gasteiger partial charge in [-0.1, -0.05) is 36.4 Å². The summed E-state index contributed by atoms with van der Waals surface area (Å²) in [4.78, 5) is 9.00. The van der Waals surface area contributed by atoms with Crippen molar-refractivity contribution in [2.75, 3.05) is 76.5 Å². The molecule has 0 aliphatic rings. The van der Waals surface area contributed by atoms with Crippen molar-refractivity contribution in [3.05, 3.63) is 279 Å². The van der Waals surface area contributed by atoms with Crippen molar-refractivity contribution in [2.24, 2.45) is 0 Å². The first-order chi connectivity index (χ1) is 45.2. The zero-order chi connectivity index (χ0) is 63.5. The maximum atomic E-state index is 5.70. The largest absolute Gasteiger partial charge is 0.497 e. The minimum absolute atomic E-state index is 0.752. The summed E-state index contributed by atoms with van der Waals surface area (Å²) >= 11 is 0. The first kappa shape index (κ1) is 60.5. The second-order valence-corrected chi connectivity index (χ2v) is 21.5. The van der Waals surface area contributed by atoms with E-state index in [2.05, 4.69) is 202 Å². The average Bonchev–Trinajstić information content (AvgIpc) is 0.814. The van der Waals surface area contributed by atoms with Crippen molar-refractivity contribution >= 4 is 68.2 Å². The maximum absolute atomic E-state index is 5.70. The van der Waals surface area contributed by atoms with Crippen molar-refractivity contribution in [1.29, 1.82) is 0 Å². The summed E-state index contributed by atoms with van der Waals surface area (Å²) in [5, 5.41) is 0. The zero-order valence-corrected chi connectivity index (χ0v) is 52.6. The van der Waals surface area contributed by atoms with Gasteiger partial charge in [-0.2, -0.15) is 0 Å². The molecule has 0 amide bonds. The number of hydrogen-bond acceptors (Lipinski definition) is 12. The van der Waals surface area contributed by atoms with Crippen LogP contribution in [0.25, 0.3) is 33.4 Å². The van der Waals surface area contributed by atoms with Gasteiger partial charge in [-0.3, -0.25) is 0 Å². The molecule has 0 aliphatic heterocycles. The van der Waals surface area contributed by atoms with E-state index in [1.54, 1.807) is 56.9 Å². The van der Waals surface area contributed by atoms with Gasteiger partial charge in [-0.05, 0) is 276 Å². The molecule has 0 atom stereocenters. The summed E-state index contributed by atoms with van der Waals surface area (Å²) in [6.07, 6.45) is 0. The molecule has 0 fully saturated rings. The van der Waals surface area contributed by atoms with Crippen LogP contribution in [0.2, 0.25) is 0 Å². The standard InChI is InChI=1S/C80H70N4O8/c1-85-69-35-17-59(18-36-69)81(60-19-37-70(86-2)38-20-60)57-13-9-55(10-14-57)77-51-33-67(83(63-25-43-73(89-5)44-26-63)64-27-45-74(90-6)46-28-64)53-79(77)80-54-68(84(65-29-47-75(91-7)48-30-65)66-31-49-76(92-8)50-32-66)34-52-78(80)56-11-15-58(16-12-56)82(61-21-39-71(87-3)40-22-61)62-23-41-72(88-4)42-24-62/h9-54H,1-8H3. The molecule has 12 aromatic rings. The summed E-state index contributed by atoms with van der Waals surface area (Å²) in [6.45, 7) is 0. The third kappa shape index (κ3) is 12.9. The molecule has 92 heavy (non-hydrogen) atoms. The van der Waals surface area contributed by atoms with Gasteiger partial charge in [-0.25, -0.2) is 0 Å². The van der Waals surface area contributed by atoms with Crippen LogP contribution in [-0.2, 0) is 0 Å². The summed E-state index contributed by atoms with van der Waals surface area (Å²) in [5.74, 6) is 6.09. The lowest BCUT2D eigenvalue weighted by molar-refractivity contribution is 0.414. The van der Waals surface area contributed by atoms with Crippen molar-refractivity contribution in [3.63, 3.8) is 0 Å². The van der Waals surface area contributed by atoms with Gasteiger partial charge in [0.25, 0.3) is 0 Å². The molecule has 0 aromatic heterocycles. The van der Waals surface area contributed by atoms with Crippen LogP contribution in [0.5, 0.6) is 46.0 Å². The van der Waals surface area contributed by atoms with Gasteiger partial charge in [0, 0.05) is 68.2 Å². The number of methoxy groups -OCH3 is 8. The molecular formula is C80H70N4O8. The quantitative estimate of drug-likeness (QED) is 0.0611. The molecule has 458 valence electrons. The van der Waals surface area contributed by atoms with E-state index in [9.17, 15) is 0 Å². The summed E-state index contributed by atoms with van der Waals surface area (Å²) in [6, 6.07) is 96.2. The van der Waals surface area contributed by atoms with E-state index in [-0.39, 0.29) is 0 Å². The van der Waals surface area contributed by atoms with E-state index in [4.69, 9.17) is 37.9 Å². The van der Waals surface area contributed by atoms with Crippen LogP contribution in [0.1, 0.15) is 0 Å². The number of hydrogen-bond donors (Lipinski definition) is 0. The normalized spacial score (nSPS) is 10.8. The van der Waals surface area contributed by atoms with Gasteiger partial charge >= 0.3 is 0 Å². The second-order valence-electron chi connectivity index (χ2n) is 21.5. The Hall–Kier alpha value is -11.8. The van der Waals surface area contributed by atoms with Gasteiger partial charge in [0.05, 0.1) is 56.9 Å². The van der Waals surface area contributed by atoms with Crippen LogP contribution in [-0.4, -0.2) is 56.9 Å².